The quantitative estimate of drug-likeness (QED) is 0.0176. The van der Waals surface area contributed by atoms with Crippen LogP contribution in [0.2, 0.25) is 10.0 Å². The van der Waals surface area contributed by atoms with E-state index in [0.717, 1.165) is 126 Å². The molecule has 0 aromatic heterocycles. The Labute approximate surface area is 836 Å². The molecular formula is C100H125Cl2N13O27P+. The summed E-state index contributed by atoms with van der Waals surface area (Å²) in [6, 6.07) is 8.35. The maximum absolute atomic E-state index is 17.4. The number of aliphatic hydroxyl groups is 8. The SMILES string of the molecule is CCCCCCCCCCCC(=O)N[C@H]1[C@H](Oc2c3cc4cc2Oc2ccc(cc2Cl)[C@@H](O)[C@@H]2NC(=O)[C@H](NC(=O)[C@@H]4NC(=O)[C@H]4NC(=O)[C@@H](Cc5ccc(cc5)O3)NC(=O)[C@H](NC)c3ccc(O)c(c3)Oc3cc(O[P+](N5CCCC5)(N5CCCC5)N5CCCC5)c(Cl)c4c3)c3ccc(O)c(c3)-c3c(O[C@H]4O[C@H](CO)[C@@H](O)[C@H](O)[C@@H]4O)cc(O)cc3[C@H](C(=O)NCCCN(C)C)NC2=O)O[C@H](CO)[C@@H](O)[C@@H]1O. The standard InChI is InChI=1S/C100H124Cl2N13O27P/c1-5-6-7-8-9-10-11-12-13-21-75(121)106-84-88(125)86(123)73(50-116)139-99(84)141-91-71-44-56-45-72(91)137-67-31-26-55(42-63(67)101)85(122)83-98(134)110-81(93(129)104-32-20-33-112(3)4)61-46-57(118)47-69(138-100-90(127)89(126)87(124)74(51-117)140-100)76(61)60-41-53(24-29-65(60)119)79(95(131)111-83)107-96(132)80(56)108-97(133)82-62-48-59(49-70(77(62)102)142-143(113-34-14-15-35-113,114-36-16-17-37-114)115-38-18-19-39-115)136-68-43-54(25-30-66(68)120)78(103-2)94(130)105-64(92(128)109-82)40-52-22-27-58(135-71)28-23-52/h22-31,41-49,64,73-74,78-90,99-100,103,116-117,122-127H,5-21,32-40,50-51H2,1-4H3,(H10-,104,105,106,107,108,109,110,111,118,119,120,121,128,129,130,131,132,133,134)/p+1/t64-,73-,74-,78-,79-,80-,81-,82+,83+,84-,85-,86-,87-,88-,89+,90+,99+,100+/m1/s1. The van der Waals surface area contributed by atoms with E-state index in [2.05, 4.69) is 68.8 Å². The van der Waals surface area contributed by atoms with Crippen LogP contribution in [0, 0.1) is 0 Å². The van der Waals surface area contributed by atoms with Gasteiger partial charge in [0.15, 0.2) is 23.0 Å². The molecule has 18 rings (SSSR count). The monoisotopic (exact) mass is 2040 g/mol. The van der Waals surface area contributed by atoms with Crippen molar-refractivity contribution in [3.05, 3.63) is 164 Å². The van der Waals surface area contributed by atoms with E-state index in [1.54, 1.807) is 26.2 Å². The summed E-state index contributed by atoms with van der Waals surface area (Å²) in [7, 11) is 1.87. The summed E-state index contributed by atoms with van der Waals surface area (Å²) in [4.78, 5) is 131. The van der Waals surface area contributed by atoms with Crippen LogP contribution in [-0.4, -0.2) is 282 Å². The number of nitrogens with one attached hydrogen (secondary N) is 9. The van der Waals surface area contributed by atoms with Gasteiger partial charge in [-0.05, 0) is 185 Å². The first kappa shape index (κ1) is 105. The van der Waals surface area contributed by atoms with Gasteiger partial charge in [0, 0.05) is 87.5 Å². The van der Waals surface area contributed by atoms with Gasteiger partial charge < -0.3 is 142 Å². The normalized spacial score (nSPS) is 26.6. The Morgan fingerprint density at radius 1 is 0.517 bits per heavy atom. The Balaban J connectivity index is 0.926. The lowest BCUT2D eigenvalue weighted by Gasteiger charge is -2.42. The Kier molecular flexibility index (Phi) is 34.1. The largest absolute Gasteiger partial charge is 0.508 e. The minimum Gasteiger partial charge on any atom is -0.508 e. The van der Waals surface area contributed by atoms with E-state index in [1.807, 2.05) is 4.90 Å². The fourth-order valence-corrected chi connectivity index (χ4v) is 24.5. The first-order valence-corrected chi connectivity index (χ1v) is 51.1. The smallest absolute Gasteiger partial charge is 0.417 e. The molecule has 0 unspecified atom stereocenters. The minimum atomic E-state index is -3.20. The number of fused-ring (bicyclic) bond motifs is 14. The molecule has 40 nitrogen and oxygen atoms in total. The molecule has 143 heavy (non-hydrogen) atoms. The van der Waals surface area contributed by atoms with E-state index in [4.69, 9.17) is 60.9 Å². The Hall–Kier alpha value is -11.1. The fraction of sp³-hybridized carbons (Fsp3) is 0.500. The van der Waals surface area contributed by atoms with Crippen LogP contribution in [0.5, 0.6) is 69.0 Å². The summed E-state index contributed by atoms with van der Waals surface area (Å²) in [6.07, 6.45) is -6.49. The van der Waals surface area contributed by atoms with Crippen LogP contribution in [0.25, 0.3) is 11.1 Å². The van der Waals surface area contributed by atoms with Gasteiger partial charge in [0.2, 0.25) is 71.3 Å². The number of rotatable bonds is 28. The number of aliphatic hydroxyl groups excluding tert-OH is 8. The number of benzene rings is 7. The van der Waals surface area contributed by atoms with Gasteiger partial charge in [-0.3, -0.25) is 42.9 Å². The Morgan fingerprint density at radius 2 is 1.10 bits per heavy atom. The number of carbonyl (C=O) groups is 8. The van der Waals surface area contributed by atoms with E-state index in [1.165, 1.54) is 67.7 Å². The highest BCUT2D eigenvalue weighted by Gasteiger charge is 2.63. The lowest BCUT2D eigenvalue weighted by molar-refractivity contribution is -0.277. The lowest BCUT2D eigenvalue weighted by atomic mass is 9.89. The zero-order valence-electron chi connectivity index (χ0n) is 79.6. The van der Waals surface area contributed by atoms with Crippen molar-refractivity contribution in [3.63, 3.8) is 0 Å². The van der Waals surface area contributed by atoms with E-state index in [0.29, 0.717) is 70.6 Å². The fourth-order valence-electron chi connectivity index (χ4n) is 19.8. The molecule has 0 saturated carbocycles. The predicted octanol–water partition coefficient (Wildman–Crippen LogP) is 6.86. The third-order valence-electron chi connectivity index (χ3n) is 27.4. The molecule has 770 valence electrons. The zero-order chi connectivity index (χ0) is 101. The topological polar surface area (TPSA) is 554 Å². The maximum atomic E-state index is 17.4. The summed E-state index contributed by atoms with van der Waals surface area (Å²) in [6.45, 7) is 4.35. The first-order valence-electron chi connectivity index (χ1n) is 48.8. The van der Waals surface area contributed by atoms with Crippen molar-refractivity contribution < 1.29 is 132 Å². The maximum Gasteiger partial charge on any atom is 0.417 e. The Morgan fingerprint density at radius 3 is 1.74 bits per heavy atom. The molecule has 8 amide bonds. The highest BCUT2D eigenvalue weighted by Crippen LogP contribution is 2.71. The molecule has 43 heteroatoms. The van der Waals surface area contributed by atoms with Crippen molar-refractivity contribution in [2.45, 2.75) is 232 Å². The highest BCUT2D eigenvalue weighted by atomic mass is 35.5. The van der Waals surface area contributed by atoms with Crippen LogP contribution >= 0.6 is 31.1 Å². The second-order valence-corrected chi connectivity index (χ2v) is 41.4. The number of ether oxygens (including phenoxy) is 7. The van der Waals surface area contributed by atoms with Gasteiger partial charge in [-0.1, -0.05) is 112 Å². The van der Waals surface area contributed by atoms with Crippen molar-refractivity contribution in [1.82, 2.24) is 66.8 Å². The average molecular weight is 2040 g/mol. The number of hydrogen-bond donors (Lipinski definition) is 20. The molecule has 20 N–H and O–H groups in total. The molecule has 0 radical (unpaired) electrons. The number of unbranched alkanes of at least 4 members (excludes halogenated alkanes) is 8. The molecule has 18 atom stereocenters. The van der Waals surface area contributed by atoms with Gasteiger partial charge >= 0.3 is 7.94 Å². The molecular weight excluding hydrogens is 1920 g/mol. The molecule has 0 spiro atoms. The number of amides is 8. The molecule has 0 aliphatic carbocycles. The number of halogens is 2. The van der Waals surface area contributed by atoms with Crippen LogP contribution in [0.3, 0.4) is 0 Å². The van der Waals surface area contributed by atoms with Gasteiger partial charge in [0.1, 0.15) is 132 Å². The molecule has 17 bridgehead atoms. The van der Waals surface area contributed by atoms with Crippen molar-refractivity contribution in [2.24, 2.45) is 0 Å². The number of carbonyl (C=O) groups excluding carboxylic acids is 8. The molecule has 11 aliphatic heterocycles. The summed E-state index contributed by atoms with van der Waals surface area (Å²) in [5.74, 6) is -13.8. The number of aromatic hydroxyl groups is 3. The summed E-state index contributed by atoms with van der Waals surface area (Å²) >= 11 is 15.5. The van der Waals surface area contributed by atoms with Crippen molar-refractivity contribution in [2.75, 3.05) is 86.7 Å². The second kappa shape index (κ2) is 46.5. The number of phenols is 3. The molecule has 11 heterocycles. The second-order valence-electron chi connectivity index (χ2n) is 37.8. The summed E-state index contributed by atoms with van der Waals surface area (Å²) in [5, 5.41) is 154. The van der Waals surface area contributed by atoms with Crippen molar-refractivity contribution >= 4 is 78.4 Å². The average Bonchev–Trinajstić information content (AvgIpc) is 1.66. The number of nitrogens with zero attached hydrogens (tertiary/aromatic N) is 4. The van der Waals surface area contributed by atoms with Gasteiger partial charge in [-0.15, -0.1) is 14.0 Å². The van der Waals surface area contributed by atoms with Crippen molar-refractivity contribution in [3.8, 4) is 80.1 Å². The van der Waals surface area contributed by atoms with Crippen LogP contribution in [-0.2, 0) is 54.3 Å². The third-order valence-corrected chi connectivity index (χ3v) is 32.0. The van der Waals surface area contributed by atoms with Gasteiger partial charge in [-0.2, -0.15) is 0 Å². The van der Waals surface area contributed by atoms with E-state index >= 15 is 33.6 Å². The van der Waals surface area contributed by atoms with Gasteiger partial charge in [-0.25, -0.2) is 0 Å². The van der Waals surface area contributed by atoms with Gasteiger partial charge in [0.25, 0.3) is 0 Å². The first-order chi connectivity index (χ1) is 68.8. The molecule has 5 fully saturated rings. The van der Waals surface area contributed by atoms with Crippen LogP contribution in [0.15, 0.2) is 115 Å². The molecule has 7 aromatic rings. The predicted molar refractivity (Wildman–Crippen MR) is 520 cm³/mol. The van der Waals surface area contributed by atoms with E-state index in [-0.39, 0.29) is 75.4 Å². The third kappa shape index (κ3) is 23.2. The Bertz CT molecular complexity index is 5740. The number of hydrogen-bond acceptors (Lipinski definition) is 32. The van der Waals surface area contributed by atoms with E-state index < -0.39 is 246 Å². The van der Waals surface area contributed by atoms with E-state index in [9.17, 15) is 61.0 Å². The molecule has 7 aromatic carbocycles. The molecule has 5 saturated heterocycles. The zero-order valence-corrected chi connectivity index (χ0v) is 82.0. The highest BCUT2D eigenvalue weighted by molar-refractivity contribution is 7.64. The van der Waals surface area contributed by atoms with Crippen LogP contribution in [0.4, 0.5) is 0 Å². The lowest BCUT2D eigenvalue weighted by Crippen LogP contribution is -2.65. The summed E-state index contributed by atoms with van der Waals surface area (Å²) < 4.78 is 61.1. The van der Waals surface area contributed by atoms with Gasteiger partial charge in [0.05, 0.1) is 23.3 Å². The number of likely N-dealkylation sites (N-methyl/N-ethyl adjacent to an activating group) is 1. The number of phenolic OH excluding ortho intramolecular Hbond substituents is 3. The van der Waals surface area contributed by atoms with Crippen molar-refractivity contribution in [1.29, 1.82) is 0 Å². The summed E-state index contributed by atoms with van der Waals surface area (Å²) in [5.41, 5.74) is -2.01. The van der Waals surface area contributed by atoms with Crippen LogP contribution < -0.4 is 76.1 Å². The molecule has 11 aliphatic rings. The van der Waals surface area contributed by atoms with Crippen LogP contribution in [0.1, 0.15) is 191 Å². The minimum absolute atomic E-state index is 0.0587.